The Balaban J connectivity index is 1.60. The number of carboxylic acid groups (broad SMARTS) is 1. The van der Waals surface area contributed by atoms with Crippen molar-refractivity contribution in [3.63, 3.8) is 0 Å². The molecule has 0 bridgehead atoms. The van der Waals surface area contributed by atoms with Gasteiger partial charge in [-0.3, -0.25) is 4.98 Å². The highest BCUT2D eigenvalue weighted by Crippen LogP contribution is 2.59. The summed E-state index contributed by atoms with van der Waals surface area (Å²) in [6, 6.07) is 2.07. The van der Waals surface area contributed by atoms with E-state index in [0.29, 0.717) is 36.0 Å². The largest absolute Gasteiger partial charge is 0.465 e. The molecule has 98 valence electrons. The second-order valence-electron chi connectivity index (χ2n) is 5.07. The summed E-state index contributed by atoms with van der Waals surface area (Å²) in [6.07, 6.45) is 0.748. The second kappa shape index (κ2) is 3.80. The van der Waals surface area contributed by atoms with Crippen LogP contribution in [0.5, 0.6) is 0 Å². The van der Waals surface area contributed by atoms with Crippen LogP contribution in [0.2, 0.25) is 5.15 Å². The monoisotopic (exact) mass is 295 g/mol. The molecular weight excluding hydrogens is 286 g/mol. The van der Waals surface area contributed by atoms with E-state index < -0.39 is 6.09 Å². The number of hydrogen-bond donors (Lipinski definition) is 1. The molecule has 3 heterocycles. The molecule has 2 aromatic heterocycles. The molecule has 4 rings (SSSR count). The summed E-state index contributed by atoms with van der Waals surface area (Å²) in [4.78, 5) is 23.0. The van der Waals surface area contributed by atoms with E-state index in [1.165, 1.54) is 9.78 Å². The third-order valence-corrected chi connectivity index (χ3v) is 5.33. The zero-order valence-corrected chi connectivity index (χ0v) is 11.4. The molecule has 1 aliphatic heterocycles. The van der Waals surface area contributed by atoms with Crippen LogP contribution in [0.3, 0.4) is 0 Å². The van der Waals surface area contributed by atoms with Gasteiger partial charge in [-0.2, -0.15) is 0 Å². The van der Waals surface area contributed by atoms with E-state index in [2.05, 4.69) is 16.0 Å². The smallest absolute Gasteiger partial charge is 0.407 e. The number of halogens is 1. The maximum Gasteiger partial charge on any atom is 0.407 e. The molecule has 1 N–H and O–H groups in total. The second-order valence-corrected chi connectivity index (χ2v) is 6.52. The summed E-state index contributed by atoms with van der Waals surface area (Å²) in [7, 11) is 0. The van der Waals surface area contributed by atoms with Gasteiger partial charge in [-0.05, 0) is 17.9 Å². The number of aromatic nitrogens is 2. The Kier molecular flexibility index (Phi) is 2.29. The van der Waals surface area contributed by atoms with Crippen molar-refractivity contribution in [2.75, 3.05) is 13.1 Å². The SMILES string of the molecule is O=C(O)N1CC2C(c3cc4ncc(Cl)nc4s3)[C@H]2C1. The molecule has 1 amide bonds. The van der Waals surface area contributed by atoms with Crippen LogP contribution >= 0.6 is 22.9 Å². The Labute approximate surface area is 117 Å². The van der Waals surface area contributed by atoms with Crippen molar-refractivity contribution in [1.29, 1.82) is 0 Å². The van der Waals surface area contributed by atoms with Crippen LogP contribution in [-0.4, -0.2) is 39.2 Å². The average molecular weight is 296 g/mol. The van der Waals surface area contributed by atoms with Gasteiger partial charge in [0.2, 0.25) is 0 Å². The number of thiophene rings is 1. The number of fused-ring (bicyclic) bond motifs is 2. The number of rotatable bonds is 1. The summed E-state index contributed by atoms with van der Waals surface area (Å²) in [6.45, 7) is 1.31. The van der Waals surface area contributed by atoms with Gasteiger partial charge in [0.1, 0.15) is 15.5 Å². The van der Waals surface area contributed by atoms with Gasteiger partial charge < -0.3 is 10.0 Å². The third kappa shape index (κ3) is 1.70. The molecule has 1 saturated carbocycles. The molecule has 0 aromatic carbocycles. The van der Waals surface area contributed by atoms with Crippen molar-refractivity contribution in [3.05, 3.63) is 22.3 Å². The van der Waals surface area contributed by atoms with Crippen molar-refractivity contribution < 1.29 is 9.90 Å². The molecule has 5 nitrogen and oxygen atoms in total. The van der Waals surface area contributed by atoms with E-state index in [4.69, 9.17) is 16.7 Å². The van der Waals surface area contributed by atoms with Gasteiger partial charge in [0.25, 0.3) is 0 Å². The molecule has 7 heteroatoms. The van der Waals surface area contributed by atoms with Crippen molar-refractivity contribution >= 4 is 39.4 Å². The molecule has 19 heavy (non-hydrogen) atoms. The van der Waals surface area contributed by atoms with Gasteiger partial charge in [0, 0.05) is 23.9 Å². The zero-order valence-electron chi connectivity index (χ0n) is 9.78. The number of nitrogens with zero attached hydrogens (tertiary/aromatic N) is 3. The number of hydrogen-bond acceptors (Lipinski definition) is 4. The molecule has 1 saturated heterocycles. The predicted molar refractivity (Wildman–Crippen MR) is 71.7 cm³/mol. The normalized spacial score (nSPS) is 28.7. The van der Waals surface area contributed by atoms with Gasteiger partial charge in [0.05, 0.1) is 6.20 Å². The Hall–Kier alpha value is -1.40. The minimum atomic E-state index is -0.808. The number of carbonyl (C=O) groups is 1. The fourth-order valence-electron chi connectivity index (χ4n) is 3.08. The molecule has 3 atom stereocenters. The third-order valence-electron chi connectivity index (χ3n) is 4.02. The summed E-state index contributed by atoms with van der Waals surface area (Å²) >= 11 is 7.46. The van der Waals surface area contributed by atoms with E-state index in [0.717, 1.165) is 10.3 Å². The molecule has 2 fully saturated rings. The highest BCUT2D eigenvalue weighted by molar-refractivity contribution is 7.18. The average Bonchev–Trinajstić information content (AvgIpc) is 2.78. The van der Waals surface area contributed by atoms with Crippen LogP contribution < -0.4 is 0 Å². The highest BCUT2D eigenvalue weighted by Gasteiger charge is 2.57. The fourth-order valence-corrected chi connectivity index (χ4v) is 4.50. The first-order valence-electron chi connectivity index (χ1n) is 6.03. The van der Waals surface area contributed by atoms with Crippen LogP contribution in [0.15, 0.2) is 12.3 Å². The van der Waals surface area contributed by atoms with Gasteiger partial charge in [-0.1, -0.05) is 11.6 Å². The topological polar surface area (TPSA) is 66.3 Å². The molecule has 0 spiro atoms. The molecule has 2 aliphatic rings. The van der Waals surface area contributed by atoms with Gasteiger partial charge in [0.15, 0.2) is 0 Å². The predicted octanol–water partition coefficient (Wildman–Crippen LogP) is 2.67. The van der Waals surface area contributed by atoms with Crippen LogP contribution in [0.1, 0.15) is 10.8 Å². The van der Waals surface area contributed by atoms with Crippen molar-refractivity contribution in [2.24, 2.45) is 11.8 Å². The number of likely N-dealkylation sites (tertiary alicyclic amines) is 1. The van der Waals surface area contributed by atoms with E-state index in [-0.39, 0.29) is 0 Å². The van der Waals surface area contributed by atoms with E-state index in [1.54, 1.807) is 17.5 Å². The molecular formula is C12H10ClN3O2S. The first-order valence-corrected chi connectivity index (χ1v) is 7.23. The zero-order chi connectivity index (χ0) is 13.1. The summed E-state index contributed by atoms with van der Waals surface area (Å²) in [5.41, 5.74) is 0.879. The first kappa shape index (κ1) is 11.4. The van der Waals surface area contributed by atoms with Gasteiger partial charge in [-0.15, -0.1) is 11.3 Å². The minimum absolute atomic E-state index is 0.411. The maximum atomic E-state index is 10.9. The minimum Gasteiger partial charge on any atom is -0.465 e. The molecule has 2 aromatic rings. The number of piperidine rings is 1. The maximum absolute atomic E-state index is 10.9. The van der Waals surface area contributed by atoms with Crippen LogP contribution in [0.25, 0.3) is 10.3 Å². The first-order chi connectivity index (χ1) is 9.13. The van der Waals surface area contributed by atoms with Gasteiger partial charge >= 0.3 is 6.09 Å². The van der Waals surface area contributed by atoms with E-state index in [1.807, 2.05) is 0 Å². The Bertz CT molecular complexity index is 677. The molecule has 0 radical (unpaired) electrons. The van der Waals surface area contributed by atoms with Crippen molar-refractivity contribution in [3.8, 4) is 0 Å². The van der Waals surface area contributed by atoms with Crippen molar-refractivity contribution in [1.82, 2.24) is 14.9 Å². The number of amides is 1. The van der Waals surface area contributed by atoms with E-state index >= 15 is 0 Å². The molecule has 2 unspecified atom stereocenters. The lowest BCUT2D eigenvalue weighted by atomic mass is 10.2. The van der Waals surface area contributed by atoms with E-state index in [9.17, 15) is 4.79 Å². The van der Waals surface area contributed by atoms with Gasteiger partial charge in [-0.25, -0.2) is 9.78 Å². The summed E-state index contributed by atoms with van der Waals surface area (Å²) in [5.74, 6) is 1.43. The Morgan fingerprint density at radius 3 is 2.89 bits per heavy atom. The lowest BCUT2D eigenvalue weighted by Gasteiger charge is -2.14. The summed E-state index contributed by atoms with van der Waals surface area (Å²) in [5, 5.41) is 9.36. The lowest BCUT2D eigenvalue weighted by molar-refractivity contribution is 0.150. The van der Waals surface area contributed by atoms with Crippen LogP contribution in [-0.2, 0) is 0 Å². The highest BCUT2D eigenvalue weighted by atomic mass is 35.5. The van der Waals surface area contributed by atoms with Crippen molar-refractivity contribution in [2.45, 2.75) is 5.92 Å². The lowest BCUT2D eigenvalue weighted by Crippen LogP contribution is -2.29. The Morgan fingerprint density at radius 2 is 2.21 bits per heavy atom. The standard InChI is InChI=1S/C12H10ClN3O2S/c13-9-2-14-7-1-8(19-11(7)15-9)10-5-3-16(12(17)18)4-6(5)10/h1-2,5-6,10H,3-4H2,(H,17,18)/t5-,6?,10?/m0/s1. The Morgan fingerprint density at radius 1 is 1.47 bits per heavy atom. The fraction of sp³-hybridized carbons (Fsp3) is 0.417. The summed E-state index contributed by atoms with van der Waals surface area (Å²) < 4.78 is 0. The quantitative estimate of drug-likeness (QED) is 0.878. The van der Waals surface area contributed by atoms with Crippen LogP contribution in [0.4, 0.5) is 4.79 Å². The van der Waals surface area contributed by atoms with Crippen LogP contribution in [0, 0.1) is 11.8 Å². The molecule has 1 aliphatic carbocycles.